The lowest BCUT2D eigenvalue weighted by Crippen LogP contribution is -2.15. The number of hydrogen-bond donors (Lipinski definition) is 1. The Labute approximate surface area is 126 Å². The zero-order valence-corrected chi connectivity index (χ0v) is 12.4. The van der Waals surface area contributed by atoms with Crippen LogP contribution in [-0.4, -0.2) is 18.0 Å². The van der Waals surface area contributed by atoms with Gasteiger partial charge in [-0.3, -0.25) is 4.79 Å². The van der Waals surface area contributed by atoms with E-state index in [4.69, 9.17) is 27.9 Å². The van der Waals surface area contributed by atoms with Crippen molar-refractivity contribution in [1.29, 1.82) is 0 Å². The molecule has 1 N–H and O–H groups in total. The van der Waals surface area contributed by atoms with Crippen LogP contribution in [0.1, 0.15) is 16.1 Å². The van der Waals surface area contributed by atoms with Crippen LogP contribution >= 0.6 is 23.2 Å². The molecule has 2 rings (SSSR count). The maximum atomic E-state index is 12.2. The van der Waals surface area contributed by atoms with Crippen LogP contribution < -0.4 is 10.1 Å². The van der Waals surface area contributed by atoms with Gasteiger partial charge in [0.25, 0.3) is 5.91 Å². The topological polar surface area (TPSA) is 51.2 Å². The summed E-state index contributed by atoms with van der Waals surface area (Å²) in [6, 6.07) is 8.49. The lowest BCUT2D eigenvalue weighted by atomic mass is 10.2. The Morgan fingerprint density at radius 1 is 1.25 bits per heavy atom. The molecule has 104 valence electrons. The molecule has 0 atom stereocenters. The quantitative estimate of drug-likeness (QED) is 0.873. The van der Waals surface area contributed by atoms with Crippen molar-refractivity contribution < 1.29 is 9.53 Å². The van der Waals surface area contributed by atoms with E-state index in [9.17, 15) is 4.79 Å². The fourth-order valence-electron chi connectivity index (χ4n) is 1.66. The van der Waals surface area contributed by atoms with Gasteiger partial charge in [0.05, 0.1) is 17.8 Å². The summed E-state index contributed by atoms with van der Waals surface area (Å²) in [4.78, 5) is 16.1. The highest BCUT2D eigenvalue weighted by atomic mass is 35.5. The van der Waals surface area contributed by atoms with Crippen LogP contribution in [0.2, 0.25) is 10.2 Å². The van der Waals surface area contributed by atoms with Gasteiger partial charge >= 0.3 is 0 Å². The van der Waals surface area contributed by atoms with E-state index < -0.39 is 5.91 Å². The maximum absolute atomic E-state index is 12.2. The summed E-state index contributed by atoms with van der Waals surface area (Å²) in [6.45, 7) is 1.93. The molecule has 0 aliphatic rings. The summed E-state index contributed by atoms with van der Waals surface area (Å²) < 4.78 is 5.22. The van der Waals surface area contributed by atoms with Crippen LogP contribution in [-0.2, 0) is 0 Å². The van der Waals surface area contributed by atoms with Crippen molar-refractivity contribution in [3.05, 3.63) is 51.8 Å². The van der Waals surface area contributed by atoms with Gasteiger partial charge in [0.2, 0.25) is 0 Å². The highest BCUT2D eigenvalue weighted by molar-refractivity contribution is 6.35. The molecule has 0 radical (unpaired) electrons. The smallest absolute Gasteiger partial charge is 0.275 e. The Balaban J connectivity index is 2.30. The summed E-state index contributed by atoms with van der Waals surface area (Å²) in [6.07, 6.45) is 0. The molecule has 0 saturated carbocycles. The molecular formula is C14H12Cl2N2O2. The van der Waals surface area contributed by atoms with E-state index in [1.807, 2.05) is 19.1 Å². The van der Waals surface area contributed by atoms with Crippen molar-refractivity contribution in [3.8, 4) is 5.75 Å². The van der Waals surface area contributed by atoms with Crippen molar-refractivity contribution in [3.63, 3.8) is 0 Å². The van der Waals surface area contributed by atoms with Gasteiger partial charge < -0.3 is 10.1 Å². The van der Waals surface area contributed by atoms with Crippen molar-refractivity contribution >= 4 is 34.8 Å². The molecule has 0 unspecified atom stereocenters. The van der Waals surface area contributed by atoms with E-state index in [1.165, 1.54) is 19.2 Å². The van der Waals surface area contributed by atoms with Gasteiger partial charge in [-0.05, 0) is 36.8 Å². The van der Waals surface area contributed by atoms with Crippen molar-refractivity contribution in [2.75, 3.05) is 12.4 Å². The highest BCUT2D eigenvalue weighted by Crippen LogP contribution is 2.26. The monoisotopic (exact) mass is 310 g/mol. The number of hydrogen-bond acceptors (Lipinski definition) is 3. The number of rotatable bonds is 3. The molecule has 20 heavy (non-hydrogen) atoms. The minimum Gasteiger partial charge on any atom is -0.495 e. The Morgan fingerprint density at radius 3 is 2.70 bits per heavy atom. The van der Waals surface area contributed by atoms with Gasteiger partial charge in [-0.1, -0.05) is 29.3 Å². The molecule has 4 nitrogen and oxygen atoms in total. The second-order valence-electron chi connectivity index (χ2n) is 4.12. The molecule has 1 aromatic carbocycles. The summed E-state index contributed by atoms with van der Waals surface area (Å²) in [5, 5.41) is 3.14. The fraction of sp³-hybridized carbons (Fsp3) is 0.143. The summed E-state index contributed by atoms with van der Waals surface area (Å²) in [5.41, 5.74) is 1.64. The molecular weight excluding hydrogens is 299 g/mol. The van der Waals surface area contributed by atoms with Gasteiger partial charge in [0.15, 0.2) is 0 Å². The Morgan fingerprint density at radius 2 is 2.00 bits per heavy atom. The standard InChI is InChI=1S/C14H12Cl2N2O2/c1-8-3-5-10(11(7-8)20-2)17-14(19)13-9(15)4-6-12(16)18-13/h3-7H,1-2H3,(H,17,19). The lowest BCUT2D eigenvalue weighted by Gasteiger charge is -2.11. The zero-order valence-electron chi connectivity index (χ0n) is 10.9. The number of nitrogens with zero attached hydrogens (tertiary/aromatic N) is 1. The minimum atomic E-state index is -0.445. The molecule has 0 aliphatic carbocycles. The number of amides is 1. The number of benzene rings is 1. The molecule has 1 heterocycles. The molecule has 0 saturated heterocycles. The first kappa shape index (κ1) is 14.6. The van der Waals surface area contributed by atoms with Crippen LogP contribution in [0.25, 0.3) is 0 Å². The number of carbonyl (C=O) groups excluding carboxylic acids is 1. The molecule has 0 spiro atoms. The van der Waals surface area contributed by atoms with Crippen molar-refractivity contribution in [2.45, 2.75) is 6.92 Å². The van der Waals surface area contributed by atoms with Gasteiger partial charge in [-0.25, -0.2) is 4.98 Å². The number of halogens is 2. The first-order valence-corrected chi connectivity index (χ1v) is 6.55. The average Bonchev–Trinajstić information content (AvgIpc) is 2.43. The third-order valence-corrected chi connectivity index (χ3v) is 3.15. The first-order valence-electron chi connectivity index (χ1n) is 5.79. The van der Waals surface area contributed by atoms with E-state index in [2.05, 4.69) is 10.3 Å². The maximum Gasteiger partial charge on any atom is 0.275 e. The van der Waals surface area contributed by atoms with Crippen molar-refractivity contribution in [2.24, 2.45) is 0 Å². The highest BCUT2D eigenvalue weighted by Gasteiger charge is 2.15. The summed E-state index contributed by atoms with van der Waals surface area (Å²) >= 11 is 11.7. The molecule has 1 aromatic heterocycles. The number of ether oxygens (including phenoxy) is 1. The normalized spacial score (nSPS) is 10.2. The molecule has 0 bridgehead atoms. The van der Waals surface area contributed by atoms with Crippen molar-refractivity contribution in [1.82, 2.24) is 4.98 Å². The second kappa shape index (κ2) is 6.11. The molecule has 0 aliphatic heterocycles. The number of nitrogens with one attached hydrogen (secondary N) is 1. The largest absolute Gasteiger partial charge is 0.495 e. The van der Waals surface area contributed by atoms with E-state index >= 15 is 0 Å². The summed E-state index contributed by atoms with van der Waals surface area (Å²) in [5.74, 6) is 0.121. The van der Waals surface area contributed by atoms with E-state index in [1.54, 1.807) is 6.07 Å². The van der Waals surface area contributed by atoms with E-state index in [0.717, 1.165) is 5.56 Å². The molecule has 6 heteroatoms. The number of aromatic nitrogens is 1. The summed E-state index contributed by atoms with van der Waals surface area (Å²) in [7, 11) is 1.54. The Hall–Kier alpha value is -1.78. The first-order chi connectivity index (χ1) is 9.51. The van der Waals surface area contributed by atoms with Crippen LogP contribution in [0, 0.1) is 6.92 Å². The number of anilines is 1. The third-order valence-electron chi connectivity index (χ3n) is 2.63. The Kier molecular flexibility index (Phi) is 4.47. The zero-order chi connectivity index (χ0) is 14.7. The van der Waals surface area contributed by atoms with Gasteiger partial charge in [0.1, 0.15) is 16.6 Å². The fourth-order valence-corrected chi connectivity index (χ4v) is 2.00. The number of methoxy groups -OCH3 is 1. The molecule has 0 fully saturated rings. The van der Waals surface area contributed by atoms with Gasteiger partial charge in [-0.2, -0.15) is 0 Å². The lowest BCUT2D eigenvalue weighted by molar-refractivity contribution is 0.102. The van der Waals surface area contributed by atoms with Crippen LogP contribution in [0.5, 0.6) is 5.75 Å². The SMILES string of the molecule is COc1cc(C)ccc1NC(=O)c1nc(Cl)ccc1Cl. The number of aryl methyl sites for hydroxylation is 1. The number of pyridine rings is 1. The predicted molar refractivity (Wildman–Crippen MR) is 79.9 cm³/mol. The van der Waals surface area contributed by atoms with Gasteiger partial charge in [-0.15, -0.1) is 0 Å². The Bertz CT molecular complexity index is 660. The predicted octanol–water partition coefficient (Wildman–Crippen LogP) is 3.96. The van der Waals surface area contributed by atoms with Gasteiger partial charge in [0, 0.05) is 0 Å². The average molecular weight is 311 g/mol. The van der Waals surface area contributed by atoms with Crippen LogP contribution in [0.4, 0.5) is 5.69 Å². The minimum absolute atomic E-state index is 0.0711. The van der Waals surface area contributed by atoms with Crippen LogP contribution in [0.3, 0.4) is 0 Å². The van der Waals surface area contributed by atoms with E-state index in [0.29, 0.717) is 11.4 Å². The van der Waals surface area contributed by atoms with Crippen LogP contribution in [0.15, 0.2) is 30.3 Å². The molecule has 2 aromatic rings. The molecule has 1 amide bonds. The van der Waals surface area contributed by atoms with E-state index in [-0.39, 0.29) is 15.9 Å². The number of carbonyl (C=O) groups is 1. The third kappa shape index (κ3) is 3.21. The second-order valence-corrected chi connectivity index (χ2v) is 4.92.